The fourth-order valence-electron chi connectivity index (χ4n) is 2.69. The van der Waals surface area contributed by atoms with E-state index in [4.69, 9.17) is 9.47 Å². The number of rotatable bonds is 3. The number of methoxy groups -OCH3 is 1. The second kappa shape index (κ2) is 6.33. The molecule has 0 unspecified atom stereocenters. The van der Waals surface area contributed by atoms with Crippen molar-refractivity contribution in [3.05, 3.63) is 81.8 Å². The Morgan fingerprint density at radius 2 is 1.88 bits per heavy atom. The summed E-state index contributed by atoms with van der Waals surface area (Å²) in [7, 11) is 1.56. The lowest BCUT2D eigenvalue weighted by atomic mass is 10.1. The predicted molar refractivity (Wildman–Crippen MR) is 98.2 cm³/mol. The summed E-state index contributed by atoms with van der Waals surface area (Å²) in [6.07, 6.45) is 1.43. The Morgan fingerprint density at radius 3 is 2.65 bits per heavy atom. The molecule has 0 aliphatic carbocycles. The maximum absolute atomic E-state index is 12.3. The number of benzene rings is 2. The van der Waals surface area contributed by atoms with Crippen molar-refractivity contribution in [2.75, 3.05) is 7.11 Å². The van der Waals surface area contributed by atoms with Crippen LogP contribution in [-0.4, -0.2) is 24.0 Å². The third-order valence-corrected chi connectivity index (χ3v) is 4.02. The number of ether oxygens (including phenoxy) is 2. The maximum Gasteiger partial charge on any atom is 0.363 e. The van der Waals surface area contributed by atoms with Gasteiger partial charge in [-0.3, -0.25) is 4.79 Å². The molecule has 6 heteroatoms. The predicted octanol–water partition coefficient (Wildman–Crippen LogP) is 2.88. The van der Waals surface area contributed by atoms with Crippen molar-refractivity contribution >= 4 is 28.8 Å². The van der Waals surface area contributed by atoms with Crippen molar-refractivity contribution in [3.8, 4) is 5.75 Å². The number of cyclic esters (lactones) is 1. The molecule has 0 radical (unpaired) electrons. The number of esters is 1. The first-order valence-corrected chi connectivity index (χ1v) is 7.93. The van der Waals surface area contributed by atoms with Gasteiger partial charge in [0.25, 0.3) is 5.56 Å². The van der Waals surface area contributed by atoms with Crippen LogP contribution in [0.4, 0.5) is 0 Å². The van der Waals surface area contributed by atoms with Crippen LogP contribution in [0.5, 0.6) is 5.75 Å². The molecule has 0 saturated carbocycles. The van der Waals surface area contributed by atoms with Gasteiger partial charge in [-0.25, -0.2) is 9.79 Å². The van der Waals surface area contributed by atoms with Crippen molar-refractivity contribution in [3.63, 3.8) is 0 Å². The number of aromatic nitrogens is 1. The lowest BCUT2D eigenvalue weighted by molar-refractivity contribution is -0.129. The van der Waals surface area contributed by atoms with Crippen LogP contribution in [0, 0.1) is 0 Å². The molecule has 2 heterocycles. The number of carbonyl (C=O) groups is 1. The van der Waals surface area contributed by atoms with Crippen molar-refractivity contribution in [2.45, 2.75) is 0 Å². The van der Waals surface area contributed by atoms with Gasteiger partial charge in [0.05, 0.1) is 12.6 Å². The first-order chi connectivity index (χ1) is 12.6. The molecule has 0 fully saturated rings. The zero-order valence-corrected chi connectivity index (χ0v) is 13.9. The molecule has 0 amide bonds. The van der Waals surface area contributed by atoms with E-state index >= 15 is 0 Å². The second-order valence-corrected chi connectivity index (χ2v) is 5.71. The highest BCUT2D eigenvalue weighted by atomic mass is 16.6. The number of H-pyrrole nitrogens is 1. The Labute approximate surface area is 148 Å². The van der Waals surface area contributed by atoms with Crippen LogP contribution in [0.25, 0.3) is 17.0 Å². The molecule has 0 spiro atoms. The van der Waals surface area contributed by atoms with E-state index in [0.717, 1.165) is 5.39 Å². The molecule has 26 heavy (non-hydrogen) atoms. The van der Waals surface area contributed by atoms with Gasteiger partial charge in [-0.05, 0) is 41.8 Å². The summed E-state index contributed by atoms with van der Waals surface area (Å²) in [5, 5.41) is 0.816. The van der Waals surface area contributed by atoms with E-state index in [-0.39, 0.29) is 17.2 Å². The highest BCUT2D eigenvalue weighted by molar-refractivity contribution is 6.12. The molecule has 4 rings (SSSR count). The molecular formula is C20H14N2O4. The summed E-state index contributed by atoms with van der Waals surface area (Å²) in [6, 6.07) is 16.2. The van der Waals surface area contributed by atoms with Gasteiger partial charge in [-0.1, -0.05) is 18.2 Å². The normalized spacial score (nSPS) is 15.2. The quantitative estimate of drug-likeness (QED) is 0.584. The van der Waals surface area contributed by atoms with Crippen LogP contribution < -0.4 is 10.3 Å². The Morgan fingerprint density at radius 1 is 1.08 bits per heavy atom. The first kappa shape index (κ1) is 15.8. The van der Waals surface area contributed by atoms with Crippen molar-refractivity contribution in [1.29, 1.82) is 0 Å². The molecule has 1 N–H and O–H groups in total. The van der Waals surface area contributed by atoms with Gasteiger partial charge in [-0.15, -0.1) is 0 Å². The number of aromatic amines is 1. The molecule has 1 aliphatic rings. The van der Waals surface area contributed by atoms with E-state index in [1.807, 2.05) is 24.3 Å². The van der Waals surface area contributed by atoms with Crippen molar-refractivity contribution < 1.29 is 14.3 Å². The molecule has 1 aromatic heterocycles. The van der Waals surface area contributed by atoms with Crippen LogP contribution in [0.15, 0.2) is 70.1 Å². The monoisotopic (exact) mass is 346 g/mol. The summed E-state index contributed by atoms with van der Waals surface area (Å²) in [5.74, 6) is 0.289. The van der Waals surface area contributed by atoms with Gasteiger partial charge in [0.1, 0.15) is 5.75 Å². The van der Waals surface area contributed by atoms with Gasteiger partial charge < -0.3 is 14.5 Å². The second-order valence-electron chi connectivity index (χ2n) is 5.71. The minimum atomic E-state index is -0.585. The number of carbonyl (C=O) groups excluding carboxylic acids is 1. The molecular weight excluding hydrogens is 332 g/mol. The summed E-state index contributed by atoms with van der Waals surface area (Å²) < 4.78 is 10.4. The number of nitrogens with zero attached hydrogens (tertiary/aromatic N) is 1. The summed E-state index contributed by atoms with van der Waals surface area (Å²) in [6.45, 7) is 0. The molecule has 0 atom stereocenters. The van der Waals surface area contributed by atoms with Crippen LogP contribution in [-0.2, 0) is 9.53 Å². The van der Waals surface area contributed by atoms with Crippen molar-refractivity contribution in [1.82, 2.24) is 4.98 Å². The minimum absolute atomic E-state index is 0.0854. The average molecular weight is 346 g/mol. The molecule has 128 valence electrons. The largest absolute Gasteiger partial charge is 0.497 e. The van der Waals surface area contributed by atoms with Gasteiger partial charge in [0.2, 0.25) is 5.90 Å². The topological polar surface area (TPSA) is 80.8 Å². The molecule has 0 bridgehead atoms. The zero-order valence-electron chi connectivity index (χ0n) is 13.9. The summed E-state index contributed by atoms with van der Waals surface area (Å²) in [5.41, 5.74) is 1.44. The van der Waals surface area contributed by atoms with Crippen LogP contribution in [0.1, 0.15) is 11.1 Å². The zero-order chi connectivity index (χ0) is 18.1. The number of nitrogens with one attached hydrogen (secondary N) is 1. The molecule has 1 aliphatic heterocycles. The van der Waals surface area contributed by atoms with Crippen LogP contribution in [0.2, 0.25) is 0 Å². The Bertz CT molecular complexity index is 1130. The number of hydrogen-bond donors (Lipinski definition) is 1. The smallest absolute Gasteiger partial charge is 0.363 e. The van der Waals surface area contributed by atoms with E-state index in [0.29, 0.717) is 22.4 Å². The van der Waals surface area contributed by atoms with Gasteiger partial charge >= 0.3 is 5.97 Å². The third kappa shape index (κ3) is 2.88. The lowest BCUT2D eigenvalue weighted by Gasteiger charge is -2.03. The highest BCUT2D eigenvalue weighted by Gasteiger charge is 2.24. The standard InChI is InChI=1S/C20H14N2O4/c1-25-15-8-7-13-9-14(18(23)21-16(13)11-15)10-17-20(24)26-19(22-17)12-5-3-2-4-6-12/h2-11H,1H3,(H,21,23). The number of pyridine rings is 1. The van der Waals surface area contributed by atoms with Gasteiger partial charge in [0, 0.05) is 17.2 Å². The van der Waals surface area contributed by atoms with E-state index in [1.54, 1.807) is 37.4 Å². The fraction of sp³-hybridized carbons (Fsp3) is 0.0500. The van der Waals surface area contributed by atoms with E-state index < -0.39 is 5.97 Å². The Balaban J connectivity index is 1.76. The van der Waals surface area contributed by atoms with Crippen LogP contribution in [0.3, 0.4) is 0 Å². The highest BCUT2D eigenvalue weighted by Crippen LogP contribution is 2.21. The summed E-state index contributed by atoms with van der Waals surface area (Å²) in [4.78, 5) is 31.4. The average Bonchev–Trinajstić information content (AvgIpc) is 3.03. The lowest BCUT2D eigenvalue weighted by Crippen LogP contribution is -2.10. The first-order valence-electron chi connectivity index (χ1n) is 7.93. The third-order valence-electron chi connectivity index (χ3n) is 4.02. The van der Waals surface area contributed by atoms with Gasteiger partial charge in [-0.2, -0.15) is 0 Å². The molecule has 2 aromatic carbocycles. The van der Waals surface area contributed by atoms with Gasteiger partial charge in [0.15, 0.2) is 5.70 Å². The van der Waals surface area contributed by atoms with E-state index in [2.05, 4.69) is 9.98 Å². The minimum Gasteiger partial charge on any atom is -0.497 e. The van der Waals surface area contributed by atoms with Crippen LogP contribution >= 0.6 is 0 Å². The summed E-state index contributed by atoms with van der Waals surface area (Å²) >= 11 is 0. The van der Waals surface area contributed by atoms with E-state index in [9.17, 15) is 9.59 Å². The maximum atomic E-state index is 12.3. The Hall–Kier alpha value is -3.67. The number of hydrogen-bond acceptors (Lipinski definition) is 5. The fourth-order valence-corrected chi connectivity index (χ4v) is 2.69. The molecule has 3 aromatic rings. The number of fused-ring (bicyclic) bond motifs is 1. The molecule has 0 saturated heterocycles. The number of aliphatic imine (C=N–C) groups is 1. The SMILES string of the molecule is COc1ccc2cc(C=C3N=C(c4ccccc4)OC3=O)c(=O)[nH]c2c1. The molecule has 6 nitrogen and oxygen atoms in total. The Kier molecular flexibility index (Phi) is 3.85. The van der Waals surface area contributed by atoms with Crippen molar-refractivity contribution in [2.24, 2.45) is 4.99 Å². The van der Waals surface area contributed by atoms with E-state index in [1.165, 1.54) is 6.08 Å².